The number of amides is 1. The van der Waals surface area contributed by atoms with Gasteiger partial charge in [-0.25, -0.2) is 9.59 Å². The van der Waals surface area contributed by atoms with Crippen molar-refractivity contribution in [3.05, 3.63) is 39.7 Å². The summed E-state index contributed by atoms with van der Waals surface area (Å²) in [6, 6.07) is 4.06. The molecule has 0 aliphatic carbocycles. The number of nitrogens with one attached hydrogen (secondary N) is 1. The zero-order valence-electron chi connectivity index (χ0n) is 16.0. The second-order valence-electron chi connectivity index (χ2n) is 6.60. The largest absolute Gasteiger partial charge is 0.481 e. The standard InChI is InChI=1S/C20H25NO6/c1-5-6-7-16(19(23)24)21-18(22)13(4)26-14-8-9-15-11(2)12(3)20(25)27-17(15)10-14/h8-10,13,16H,5-7H2,1-4H3,(H,21,22)(H,23,24)/t13-,16+/m1/s1. The van der Waals surface area contributed by atoms with Crippen LogP contribution in [-0.2, 0) is 9.59 Å². The first-order chi connectivity index (χ1) is 12.7. The van der Waals surface area contributed by atoms with Crippen molar-refractivity contribution in [2.24, 2.45) is 0 Å². The Hall–Kier alpha value is -2.83. The van der Waals surface area contributed by atoms with Crippen molar-refractivity contribution in [3.63, 3.8) is 0 Å². The first-order valence-electron chi connectivity index (χ1n) is 8.98. The van der Waals surface area contributed by atoms with Crippen LogP contribution < -0.4 is 15.7 Å². The number of aliphatic carboxylic acids is 1. The number of hydrogen-bond acceptors (Lipinski definition) is 5. The minimum atomic E-state index is -1.07. The predicted molar refractivity (Wildman–Crippen MR) is 101 cm³/mol. The third-order valence-corrected chi connectivity index (χ3v) is 4.57. The second kappa shape index (κ2) is 8.70. The molecule has 2 rings (SSSR count). The number of unbranched alkanes of at least 4 members (excludes halogenated alkanes) is 1. The van der Waals surface area contributed by atoms with Crippen LogP contribution in [0.5, 0.6) is 5.75 Å². The molecule has 1 aromatic heterocycles. The van der Waals surface area contributed by atoms with Gasteiger partial charge in [-0.05, 0) is 44.9 Å². The average Bonchev–Trinajstić information content (AvgIpc) is 2.62. The summed E-state index contributed by atoms with van der Waals surface area (Å²) in [6.45, 7) is 7.03. The van der Waals surface area contributed by atoms with Gasteiger partial charge in [-0.1, -0.05) is 19.8 Å². The Morgan fingerprint density at radius 2 is 1.96 bits per heavy atom. The smallest absolute Gasteiger partial charge is 0.339 e. The molecule has 7 heteroatoms. The lowest BCUT2D eigenvalue weighted by Gasteiger charge is -2.19. The van der Waals surface area contributed by atoms with Crippen LogP contribution in [0.3, 0.4) is 0 Å². The SMILES string of the molecule is CCCC[C@H](NC(=O)[C@@H](C)Oc1ccc2c(C)c(C)c(=O)oc2c1)C(=O)O. The number of aryl methyl sites for hydroxylation is 1. The quantitative estimate of drug-likeness (QED) is 0.687. The summed E-state index contributed by atoms with van der Waals surface area (Å²) >= 11 is 0. The summed E-state index contributed by atoms with van der Waals surface area (Å²) < 4.78 is 10.9. The van der Waals surface area contributed by atoms with Crippen LogP contribution in [0.15, 0.2) is 27.4 Å². The molecule has 0 spiro atoms. The average molecular weight is 375 g/mol. The van der Waals surface area contributed by atoms with Crippen molar-refractivity contribution in [2.45, 2.75) is 59.1 Å². The molecule has 1 heterocycles. The molecular weight excluding hydrogens is 350 g/mol. The Bertz CT molecular complexity index is 901. The van der Waals surface area contributed by atoms with Gasteiger partial charge in [-0.3, -0.25) is 4.79 Å². The van der Waals surface area contributed by atoms with Crippen LogP contribution in [0.2, 0.25) is 0 Å². The number of fused-ring (bicyclic) bond motifs is 1. The Labute approximate surface area is 157 Å². The fourth-order valence-corrected chi connectivity index (χ4v) is 2.71. The van der Waals surface area contributed by atoms with E-state index >= 15 is 0 Å². The lowest BCUT2D eigenvalue weighted by atomic mass is 10.1. The minimum Gasteiger partial charge on any atom is -0.481 e. The Morgan fingerprint density at radius 3 is 2.59 bits per heavy atom. The van der Waals surface area contributed by atoms with Crippen molar-refractivity contribution >= 4 is 22.8 Å². The second-order valence-corrected chi connectivity index (χ2v) is 6.60. The van der Waals surface area contributed by atoms with Gasteiger partial charge in [0.1, 0.15) is 17.4 Å². The van der Waals surface area contributed by atoms with E-state index in [1.807, 2.05) is 13.8 Å². The van der Waals surface area contributed by atoms with Crippen molar-refractivity contribution in [1.29, 1.82) is 0 Å². The minimum absolute atomic E-state index is 0.358. The first-order valence-corrected chi connectivity index (χ1v) is 8.98. The van der Waals surface area contributed by atoms with E-state index in [4.69, 9.17) is 9.15 Å². The van der Waals surface area contributed by atoms with E-state index in [0.717, 1.165) is 17.4 Å². The van der Waals surface area contributed by atoms with Crippen molar-refractivity contribution in [1.82, 2.24) is 5.32 Å². The molecule has 27 heavy (non-hydrogen) atoms. The van der Waals surface area contributed by atoms with Crippen LogP contribution in [0.1, 0.15) is 44.2 Å². The number of hydrogen-bond donors (Lipinski definition) is 2. The Balaban J connectivity index is 2.13. The van der Waals surface area contributed by atoms with Gasteiger partial charge in [-0.15, -0.1) is 0 Å². The van der Waals surface area contributed by atoms with E-state index in [1.54, 1.807) is 25.1 Å². The van der Waals surface area contributed by atoms with E-state index < -0.39 is 29.6 Å². The molecule has 1 aromatic carbocycles. The molecule has 146 valence electrons. The predicted octanol–water partition coefficient (Wildman–Crippen LogP) is 2.94. The molecule has 0 aliphatic heterocycles. The van der Waals surface area contributed by atoms with Crippen LogP contribution >= 0.6 is 0 Å². The van der Waals surface area contributed by atoms with E-state index in [-0.39, 0.29) is 0 Å². The van der Waals surface area contributed by atoms with Crippen LogP contribution in [0, 0.1) is 13.8 Å². The molecule has 0 radical (unpaired) electrons. The molecule has 2 atom stereocenters. The third-order valence-electron chi connectivity index (χ3n) is 4.57. The van der Waals surface area contributed by atoms with Gasteiger partial charge in [0.25, 0.3) is 5.91 Å². The summed E-state index contributed by atoms with van der Waals surface area (Å²) in [5, 5.41) is 12.5. The van der Waals surface area contributed by atoms with Gasteiger partial charge >= 0.3 is 11.6 Å². The lowest BCUT2D eigenvalue weighted by molar-refractivity contribution is -0.143. The molecule has 7 nitrogen and oxygen atoms in total. The molecule has 2 aromatic rings. The Morgan fingerprint density at radius 1 is 1.26 bits per heavy atom. The molecular formula is C20H25NO6. The van der Waals surface area contributed by atoms with Gasteiger partial charge in [0.2, 0.25) is 0 Å². The van der Waals surface area contributed by atoms with Gasteiger partial charge in [0.15, 0.2) is 6.10 Å². The van der Waals surface area contributed by atoms with Gasteiger partial charge in [0, 0.05) is 17.0 Å². The Kier molecular flexibility index (Phi) is 6.60. The van der Waals surface area contributed by atoms with E-state index in [2.05, 4.69) is 5.32 Å². The summed E-state index contributed by atoms with van der Waals surface area (Å²) in [6.07, 6.45) is 1.01. The van der Waals surface area contributed by atoms with Crippen molar-refractivity contribution in [2.75, 3.05) is 0 Å². The number of rotatable bonds is 8. The molecule has 2 N–H and O–H groups in total. The fraction of sp³-hybridized carbons (Fsp3) is 0.450. The monoisotopic (exact) mass is 375 g/mol. The highest BCUT2D eigenvalue weighted by Crippen LogP contribution is 2.24. The topological polar surface area (TPSA) is 106 Å². The molecule has 0 unspecified atom stereocenters. The fourth-order valence-electron chi connectivity index (χ4n) is 2.71. The maximum atomic E-state index is 12.3. The lowest BCUT2D eigenvalue weighted by Crippen LogP contribution is -2.46. The number of carboxylic acid groups (broad SMARTS) is 1. The number of carboxylic acids is 1. The summed E-state index contributed by atoms with van der Waals surface area (Å²) in [5.74, 6) is -1.22. The number of ether oxygens (including phenoxy) is 1. The van der Waals surface area contributed by atoms with E-state index in [9.17, 15) is 19.5 Å². The number of carbonyl (C=O) groups is 2. The van der Waals surface area contributed by atoms with Crippen molar-refractivity contribution in [3.8, 4) is 5.75 Å². The van der Waals surface area contributed by atoms with Crippen molar-refractivity contribution < 1.29 is 23.8 Å². The molecule has 0 bridgehead atoms. The maximum Gasteiger partial charge on any atom is 0.339 e. The normalized spacial score (nSPS) is 13.2. The van der Waals surface area contributed by atoms with Gasteiger partial charge < -0.3 is 19.6 Å². The zero-order valence-corrected chi connectivity index (χ0v) is 16.0. The molecule has 0 aliphatic rings. The maximum absolute atomic E-state index is 12.3. The first kappa shape index (κ1) is 20.5. The molecule has 0 saturated carbocycles. The molecule has 1 amide bonds. The molecule has 0 saturated heterocycles. The highest BCUT2D eigenvalue weighted by atomic mass is 16.5. The number of carbonyl (C=O) groups excluding carboxylic acids is 1. The van der Waals surface area contributed by atoms with Gasteiger partial charge in [-0.2, -0.15) is 0 Å². The number of benzene rings is 1. The summed E-state index contributed by atoms with van der Waals surface area (Å²) in [5.41, 5.74) is 1.34. The highest BCUT2D eigenvalue weighted by Gasteiger charge is 2.23. The summed E-state index contributed by atoms with van der Waals surface area (Å²) in [4.78, 5) is 35.4. The third kappa shape index (κ3) is 4.87. The van der Waals surface area contributed by atoms with Crippen LogP contribution in [-0.4, -0.2) is 29.1 Å². The van der Waals surface area contributed by atoms with E-state index in [1.165, 1.54) is 6.92 Å². The highest BCUT2D eigenvalue weighted by molar-refractivity contribution is 5.86. The zero-order chi connectivity index (χ0) is 20.1. The summed E-state index contributed by atoms with van der Waals surface area (Å²) in [7, 11) is 0. The van der Waals surface area contributed by atoms with Gasteiger partial charge in [0.05, 0.1) is 0 Å². The van der Waals surface area contributed by atoms with E-state index in [0.29, 0.717) is 29.7 Å². The van der Waals surface area contributed by atoms with Crippen LogP contribution in [0.25, 0.3) is 11.0 Å². The van der Waals surface area contributed by atoms with Crippen LogP contribution in [0.4, 0.5) is 0 Å². The molecule has 0 fully saturated rings.